The Morgan fingerprint density at radius 3 is 2.96 bits per heavy atom. The summed E-state index contributed by atoms with van der Waals surface area (Å²) in [6.07, 6.45) is 0. The molecule has 2 aromatic carbocycles. The normalized spacial score (nSPS) is 17.9. The maximum Gasteiger partial charge on any atom is 0.238 e. The van der Waals surface area contributed by atoms with Crippen LogP contribution in [0.1, 0.15) is 11.6 Å². The average molecular weight is 360 g/mol. The lowest BCUT2D eigenvalue weighted by Gasteiger charge is -2.36. The van der Waals surface area contributed by atoms with Gasteiger partial charge in [0.05, 0.1) is 13.7 Å². The van der Waals surface area contributed by atoms with Gasteiger partial charge in [-0.2, -0.15) is 0 Å². The van der Waals surface area contributed by atoms with E-state index in [4.69, 9.17) is 16.3 Å². The molecule has 5 nitrogen and oxygen atoms in total. The highest BCUT2D eigenvalue weighted by atomic mass is 35.5. The Kier molecular flexibility index (Phi) is 5.91. The summed E-state index contributed by atoms with van der Waals surface area (Å²) in [7, 11) is 1.61. The molecule has 3 rings (SSSR count). The molecule has 2 N–H and O–H groups in total. The molecule has 1 atom stereocenters. The van der Waals surface area contributed by atoms with E-state index >= 15 is 0 Å². The smallest absolute Gasteiger partial charge is 0.238 e. The molecule has 0 bridgehead atoms. The summed E-state index contributed by atoms with van der Waals surface area (Å²) < 4.78 is 5.19. The molecule has 0 aromatic heterocycles. The number of nitrogens with one attached hydrogen (secondary N) is 2. The van der Waals surface area contributed by atoms with E-state index in [0.717, 1.165) is 35.9 Å². The van der Waals surface area contributed by atoms with Gasteiger partial charge in [-0.05, 0) is 23.8 Å². The molecule has 0 saturated carbocycles. The number of ether oxygens (including phenoxy) is 1. The van der Waals surface area contributed by atoms with Crippen molar-refractivity contribution in [2.24, 2.45) is 0 Å². The number of carbonyl (C=O) groups is 1. The third kappa shape index (κ3) is 4.51. The second kappa shape index (κ2) is 8.34. The number of halogens is 1. The number of amides is 1. The highest BCUT2D eigenvalue weighted by Gasteiger charge is 2.26. The van der Waals surface area contributed by atoms with Crippen LogP contribution in [0.25, 0.3) is 0 Å². The lowest BCUT2D eigenvalue weighted by atomic mass is 10.0. The third-order valence-corrected chi connectivity index (χ3v) is 4.66. The summed E-state index contributed by atoms with van der Waals surface area (Å²) in [5, 5.41) is 7.05. The highest BCUT2D eigenvalue weighted by molar-refractivity contribution is 6.31. The van der Waals surface area contributed by atoms with Crippen molar-refractivity contribution < 1.29 is 9.53 Å². The fourth-order valence-corrected chi connectivity index (χ4v) is 3.34. The molecule has 2 aromatic rings. The van der Waals surface area contributed by atoms with Crippen LogP contribution < -0.4 is 15.4 Å². The van der Waals surface area contributed by atoms with Crippen molar-refractivity contribution in [2.45, 2.75) is 6.04 Å². The number of benzene rings is 2. The molecule has 0 aliphatic carbocycles. The first-order valence-corrected chi connectivity index (χ1v) is 8.68. The number of methoxy groups -OCH3 is 1. The van der Waals surface area contributed by atoms with Crippen molar-refractivity contribution in [3.05, 3.63) is 59.1 Å². The molecular formula is C19H22ClN3O2. The molecule has 25 heavy (non-hydrogen) atoms. The Morgan fingerprint density at radius 1 is 1.32 bits per heavy atom. The van der Waals surface area contributed by atoms with Crippen LogP contribution in [-0.4, -0.2) is 44.1 Å². The predicted octanol–water partition coefficient (Wildman–Crippen LogP) is 2.93. The van der Waals surface area contributed by atoms with Crippen LogP contribution in [0.15, 0.2) is 48.5 Å². The number of hydrogen-bond acceptors (Lipinski definition) is 4. The number of carbonyl (C=O) groups excluding carboxylic acids is 1. The van der Waals surface area contributed by atoms with Crippen LogP contribution in [0, 0.1) is 0 Å². The van der Waals surface area contributed by atoms with Gasteiger partial charge in [-0.3, -0.25) is 9.69 Å². The van der Waals surface area contributed by atoms with Gasteiger partial charge in [0.2, 0.25) is 5.91 Å². The van der Waals surface area contributed by atoms with E-state index in [0.29, 0.717) is 12.3 Å². The van der Waals surface area contributed by atoms with Gasteiger partial charge in [-0.1, -0.05) is 35.9 Å². The number of anilines is 1. The molecule has 0 spiro atoms. The number of rotatable bonds is 5. The maximum atomic E-state index is 12.5. The predicted molar refractivity (Wildman–Crippen MR) is 100 cm³/mol. The lowest BCUT2D eigenvalue weighted by molar-refractivity contribution is -0.118. The summed E-state index contributed by atoms with van der Waals surface area (Å²) in [5.74, 6) is 0.668. The van der Waals surface area contributed by atoms with E-state index in [9.17, 15) is 4.79 Å². The zero-order valence-electron chi connectivity index (χ0n) is 14.2. The SMILES string of the molecule is COc1cccc(NC(=O)CN2CCNCC2c2ccccc2Cl)c1. The van der Waals surface area contributed by atoms with Gasteiger partial charge < -0.3 is 15.4 Å². The molecule has 1 aliphatic heterocycles. The summed E-state index contributed by atoms with van der Waals surface area (Å²) in [6, 6.07) is 15.2. The van der Waals surface area contributed by atoms with E-state index in [1.54, 1.807) is 13.2 Å². The van der Waals surface area contributed by atoms with Gasteiger partial charge in [0, 0.05) is 42.5 Å². The molecule has 1 unspecified atom stereocenters. The highest BCUT2D eigenvalue weighted by Crippen LogP contribution is 2.28. The molecule has 1 aliphatic rings. The summed E-state index contributed by atoms with van der Waals surface area (Å²) in [4.78, 5) is 14.7. The number of piperazine rings is 1. The van der Waals surface area contributed by atoms with Crippen molar-refractivity contribution in [1.82, 2.24) is 10.2 Å². The quantitative estimate of drug-likeness (QED) is 0.861. The summed E-state index contributed by atoms with van der Waals surface area (Å²) in [6.45, 7) is 2.74. The van der Waals surface area contributed by atoms with Gasteiger partial charge in [-0.25, -0.2) is 0 Å². The largest absolute Gasteiger partial charge is 0.497 e. The van der Waals surface area contributed by atoms with Crippen molar-refractivity contribution in [3.63, 3.8) is 0 Å². The minimum absolute atomic E-state index is 0.0489. The van der Waals surface area contributed by atoms with Gasteiger partial charge in [-0.15, -0.1) is 0 Å². The van der Waals surface area contributed by atoms with Gasteiger partial charge in [0.25, 0.3) is 0 Å². The minimum atomic E-state index is -0.0489. The fourth-order valence-electron chi connectivity index (χ4n) is 3.07. The molecule has 1 saturated heterocycles. The topological polar surface area (TPSA) is 53.6 Å². The second-order valence-corrected chi connectivity index (χ2v) is 6.40. The van der Waals surface area contributed by atoms with Crippen LogP contribution in [0.5, 0.6) is 5.75 Å². The third-order valence-electron chi connectivity index (χ3n) is 4.32. The van der Waals surface area contributed by atoms with Crippen molar-refractivity contribution in [3.8, 4) is 5.75 Å². The zero-order valence-corrected chi connectivity index (χ0v) is 14.9. The Labute approximate surface area is 152 Å². The fraction of sp³-hybridized carbons (Fsp3) is 0.316. The molecule has 6 heteroatoms. The number of nitrogens with zero attached hydrogens (tertiary/aromatic N) is 1. The first-order chi connectivity index (χ1) is 12.2. The minimum Gasteiger partial charge on any atom is -0.497 e. The Morgan fingerprint density at radius 2 is 2.16 bits per heavy atom. The van der Waals surface area contributed by atoms with Gasteiger partial charge >= 0.3 is 0 Å². The van der Waals surface area contributed by atoms with E-state index < -0.39 is 0 Å². The van der Waals surface area contributed by atoms with Crippen molar-refractivity contribution in [2.75, 3.05) is 38.6 Å². The molecule has 1 heterocycles. The maximum absolute atomic E-state index is 12.5. The summed E-state index contributed by atoms with van der Waals surface area (Å²) in [5.41, 5.74) is 1.78. The molecule has 1 fully saturated rings. The second-order valence-electron chi connectivity index (χ2n) is 5.99. The van der Waals surface area contributed by atoms with Crippen LogP contribution >= 0.6 is 11.6 Å². The van der Waals surface area contributed by atoms with Crippen LogP contribution in [0.4, 0.5) is 5.69 Å². The summed E-state index contributed by atoms with van der Waals surface area (Å²) >= 11 is 6.35. The Bertz CT molecular complexity index is 738. The lowest BCUT2D eigenvalue weighted by Crippen LogP contribution is -2.48. The molecule has 1 amide bonds. The monoisotopic (exact) mass is 359 g/mol. The van der Waals surface area contributed by atoms with Gasteiger partial charge in [0.1, 0.15) is 5.75 Å². The van der Waals surface area contributed by atoms with E-state index in [2.05, 4.69) is 15.5 Å². The van der Waals surface area contributed by atoms with Crippen molar-refractivity contribution in [1.29, 1.82) is 0 Å². The first kappa shape index (κ1) is 17.7. The van der Waals surface area contributed by atoms with Crippen LogP contribution in [0.2, 0.25) is 5.02 Å². The Balaban J connectivity index is 1.69. The zero-order chi connectivity index (χ0) is 17.6. The number of hydrogen-bond donors (Lipinski definition) is 2. The van der Waals surface area contributed by atoms with Gasteiger partial charge in [0.15, 0.2) is 0 Å². The molecule has 0 radical (unpaired) electrons. The van der Waals surface area contributed by atoms with Crippen LogP contribution in [-0.2, 0) is 4.79 Å². The van der Waals surface area contributed by atoms with Crippen LogP contribution in [0.3, 0.4) is 0 Å². The van der Waals surface area contributed by atoms with E-state index in [-0.39, 0.29) is 11.9 Å². The average Bonchev–Trinajstić information content (AvgIpc) is 2.63. The first-order valence-electron chi connectivity index (χ1n) is 8.30. The molecular weight excluding hydrogens is 338 g/mol. The molecule has 132 valence electrons. The standard InChI is InChI=1S/C19H22ClN3O2/c1-25-15-6-4-5-14(11-15)22-19(24)13-23-10-9-21-12-18(23)16-7-2-3-8-17(16)20/h2-8,11,18,21H,9-10,12-13H2,1H3,(H,22,24). The van der Waals surface area contributed by atoms with Crippen molar-refractivity contribution >= 4 is 23.2 Å². The van der Waals surface area contributed by atoms with E-state index in [1.807, 2.05) is 42.5 Å². The van der Waals surface area contributed by atoms with E-state index in [1.165, 1.54) is 0 Å². The Hall–Kier alpha value is -2.08.